The summed E-state index contributed by atoms with van der Waals surface area (Å²) in [5.74, 6) is 0.489. The zero-order valence-electron chi connectivity index (χ0n) is 12.2. The highest BCUT2D eigenvalue weighted by molar-refractivity contribution is 8.00. The predicted octanol–water partition coefficient (Wildman–Crippen LogP) is 2.75. The van der Waals surface area contributed by atoms with Crippen molar-refractivity contribution >= 4 is 17.7 Å². The van der Waals surface area contributed by atoms with E-state index in [4.69, 9.17) is 0 Å². The van der Waals surface area contributed by atoms with E-state index in [1.165, 1.54) is 5.56 Å². The monoisotopic (exact) mass is 293 g/mol. The Bertz CT molecular complexity index is 460. The number of rotatable bonds is 5. The number of nitrogens with one attached hydrogen (secondary N) is 1. The van der Waals surface area contributed by atoms with Crippen LogP contribution in [0, 0.1) is 12.3 Å². The van der Waals surface area contributed by atoms with Crippen molar-refractivity contribution in [2.24, 2.45) is 5.41 Å². The summed E-state index contributed by atoms with van der Waals surface area (Å²) in [7, 11) is 0. The van der Waals surface area contributed by atoms with Gasteiger partial charge in [0, 0.05) is 16.4 Å². The van der Waals surface area contributed by atoms with Gasteiger partial charge >= 0.3 is 0 Å². The minimum Gasteiger partial charge on any atom is -0.396 e. The molecule has 110 valence electrons. The molecule has 0 bridgehead atoms. The number of amides is 1. The fraction of sp³-hybridized carbons (Fsp3) is 0.562. The number of aliphatic hydroxyl groups excluding tert-OH is 1. The third-order valence-corrected chi connectivity index (χ3v) is 5.18. The molecule has 0 spiro atoms. The minimum absolute atomic E-state index is 0.0575. The first-order valence-corrected chi connectivity index (χ1v) is 8.12. The minimum atomic E-state index is -0.149. The third-order valence-electron chi connectivity index (χ3n) is 4.17. The normalized spacial score (nSPS) is 25.6. The van der Waals surface area contributed by atoms with Crippen LogP contribution in [0.4, 0.5) is 0 Å². The molecule has 1 aliphatic rings. The summed E-state index contributed by atoms with van der Waals surface area (Å²) in [5, 5.41) is 12.6. The van der Waals surface area contributed by atoms with Gasteiger partial charge in [-0.25, -0.2) is 0 Å². The van der Waals surface area contributed by atoms with Gasteiger partial charge in [-0.1, -0.05) is 31.0 Å². The van der Waals surface area contributed by atoms with Crippen LogP contribution < -0.4 is 5.32 Å². The second kappa shape index (κ2) is 6.64. The molecule has 0 saturated heterocycles. The highest BCUT2D eigenvalue weighted by Crippen LogP contribution is 2.37. The molecule has 1 saturated carbocycles. The van der Waals surface area contributed by atoms with Gasteiger partial charge in [0.05, 0.1) is 12.4 Å². The Balaban J connectivity index is 1.82. The van der Waals surface area contributed by atoms with Crippen LogP contribution in [0.25, 0.3) is 0 Å². The van der Waals surface area contributed by atoms with Crippen LogP contribution in [0.3, 0.4) is 0 Å². The van der Waals surface area contributed by atoms with Crippen LogP contribution in [-0.4, -0.2) is 29.4 Å². The number of hydrogen-bond donors (Lipinski definition) is 2. The lowest BCUT2D eigenvalue weighted by molar-refractivity contribution is -0.120. The molecule has 4 heteroatoms. The second-order valence-electron chi connectivity index (χ2n) is 5.93. The van der Waals surface area contributed by atoms with E-state index >= 15 is 0 Å². The van der Waals surface area contributed by atoms with E-state index in [2.05, 4.69) is 31.3 Å². The van der Waals surface area contributed by atoms with E-state index in [0.29, 0.717) is 5.75 Å². The van der Waals surface area contributed by atoms with Gasteiger partial charge in [-0.2, -0.15) is 0 Å². The number of thioether (sulfide) groups is 1. The average molecular weight is 293 g/mol. The van der Waals surface area contributed by atoms with Gasteiger partial charge in [0.15, 0.2) is 0 Å². The van der Waals surface area contributed by atoms with Crippen LogP contribution in [-0.2, 0) is 4.79 Å². The smallest absolute Gasteiger partial charge is 0.230 e. The molecule has 1 aliphatic carbocycles. The summed E-state index contributed by atoms with van der Waals surface area (Å²) in [6.07, 6.45) is 3.03. The Labute approximate surface area is 125 Å². The van der Waals surface area contributed by atoms with Crippen molar-refractivity contribution in [2.75, 3.05) is 12.4 Å². The summed E-state index contributed by atoms with van der Waals surface area (Å²) < 4.78 is 0. The maximum atomic E-state index is 12.0. The van der Waals surface area contributed by atoms with E-state index in [9.17, 15) is 9.90 Å². The maximum absolute atomic E-state index is 12.0. The fourth-order valence-corrected chi connectivity index (χ4v) is 3.40. The molecule has 0 aromatic heterocycles. The van der Waals surface area contributed by atoms with Crippen molar-refractivity contribution < 1.29 is 9.90 Å². The lowest BCUT2D eigenvalue weighted by atomic mass is 9.86. The Kier molecular flexibility index (Phi) is 5.11. The van der Waals surface area contributed by atoms with Gasteiger partial charge < -0.3 is 10.4 Å². The van der Waals surface area contributed by atoms with E-state index < -0.39 is 0 Å². The number of hydrogen-bond acceptors (Lipinski definition) is 3. The summed E-state index contributed by atoms with van der Waals surface area (Å²) in [4.78, 5) is 13.1. The quantitative estimate of drug-likeness (QED) is 0.821. The average Bonchev–Trinajstić information content (AvgIpc) is 2.80. The molecule has 2 rings (SSSR count). The van der Waals surface area contributed by atoms with E-state index in [0.717, 1.165) is 24.2 Å². The number of aryl methyl sites for hydroxylation is 1. The molecule has 3 nitrogen and oxygen atoms in total. The Morgan fingerprint density at radius 2 is 2.15 bits per heavy atom. The molecular formula is C16H23NO2S. The molecule has 0 heterocycles. The standard InChI is InChI=1S/C16H23NO2S/c1-12-5-7-13(8-6-12)20-10-15(19)17-14-4-3-9-16(14,2)11-18/h5-8,14,18H,3-4,9-11H2,1-2H3,(H,17,19). The van der Waals surface area contributed by atoms with Crippen molar-refractivity contribution in [3.05, 3.63) is 29.8 Å². The van der Waals surface area contributed by atoms with Crippen molar-refractivity contribution in [1.82, 2.24) is 5.32 Å². The molecule has 0 radical (unpaired) electrons. The van der Waals surface area contributed by atoms with E-state index in [1.54, 1.807) is 11.8 Å². The van der Waals surface area contributed by atoms with Crippen LogP contribution in [0.2, 0.25) is 0 Å². The Hall–Kier alpha value is -1.00. The lowest BCUT2D eigenvalue weighted by Gasteiger charge is -2.30. The first kappa shape index (κ1) is 15.4. The first-order valence-electron chi connectivity index (χ1n) is 7.13. The predicted molar refractivity (Wildman–Crippen MR) is 82.9 cm³/mol. The van der Waals surface area contributed by atoms with Gasteiger partial charge in [0.1, 0.15) is 0 Å². The number of aliphatic hydroxyl groups is 1. The fourth-order valence-electron chi connectivity index (χ4n) is 2.69. The summed E-state index contributed by atoms with van der Waals surface area (Å²) in [6, 6.07) is 8.31. The van der Waals surface area contributed by atoms with Gasteiger partial charge in [0.2, 0.25) is 5.91 Å². The van der Waals surface area contributed by atoms with Crippen molar-refractivity contribution in [2.45, 2.75) is 44.0 Å². The second-order valence-corrected chi connectivity index (χ2v) is 6.97. The van der Waals surface area contributed by atoms with Gasteiger partial charge in [-0.15, -0.1) is 11.8 Å². The number of carbonyl (C=O) groups excluding carboxylic acids is 1. The molecule has 1 amide bonds. The molecule has 1 fully saturated rings. The maximum Gasteiger partial charge on any atom is 0.230 e. The summed E-state index contributed by atoms with van der Waals surface area (Å²) >= 11 is 1.55. The van der Waals surface area contributed by atoms with Gasteiger partial charge in [-0.05, 0) is 31.9 Å². The van der Waals surface area contributed by atoms with E-state index in [-0.39, 0.29) is 24.0 Å². The topological polar surface area (TPSA) is 49.3 Å². The van der Waals surface area contributed by atoms with Crippen LogP contribution in [0.5, 0.6) is 0 Å². The van der Waals surface area contributed by atoms with Crippen LogP contribution >= 0.6 is 11.8 Å². The Morgan fingerprint density at radius 1 is 1.45 bits per heavy atom. The number of benzene rings is 1. The molecule has 2 N–H and O–H groups in total. The molecule has 2 unspecified atom stereocenters. The van der Waals surface area contributed by atoms with Crippen molar-refractivity contribution in [3.8, 4) is 0 Å². The molecule has 1 aromatic rings. The summed E-state index contributed by atoms with van der Waals surface area (Å²) in [5.41, 5.74) is 1.08. The SMILES string of the molecule is Cc1ccc(SCC(=O)NC2CCCC2(C)CO)cc1. The van der Waals surface area contributed by atoms with E-state index in [1.807, 2.05) is 12.1 Å². The zero-order valence-corrected chi connectivity index (χ0v) is 13.0. The van der Waals surface area contributed by atoms with Crippen molar-refractivity contribution in [3.63, 3.8) is 0 Å². The first-order chi connectivity index (χ1) is 9.53. The molecule has 2 atom stereocenters. The number of carbonyl (C=O) groups is 1. The molecule has 0 aliphatic heterocycles. The molecule has 1 aromatic carbocycles. The van der Waals surface area contributed by atoms with Gasteiger partial charge in [-0.3, -0.25) is 4.79 Å². The molecule has 20 heavy (non-hydrogen) atoms. The van der Waals surface area contributed by atoms with Crippen molar-refractivity contribution in [1.29, 1.82) is 0 Å². The van der Waals surface area contributed by atoms with Crippen LogP contribution in [0.15, 0.2) is 29.2 Å². The lowest BCUT2D eigenvalue weighted by Crippen LogP contribution is -2.45. The Morgan fingerprint density at radius 3 is 2.80 bits per heavy atom. The largest absolute Gasteiger partial charge is 0.396 e. The third kappa shape index (κ3) is 3.76. The van der Waals surface area contributed by atoms with Gasteiger partial charge in [0.25, 0.3) is 0 Å². The van der Waals surface area contributed by atoms with Crippen LogP contribution in [0.1, 0.15) is 31.7 Å². The molecular weight excluding hydrogens is 270 g/mol. The summed E-state index contributed by atoms with van der Waals surface area (Å²) in [6.45, 7) is 4.25. The highest BCUT2D eigenvalue weighted by atomic mass is 32.2. The zero-order chi connectivity index (χ0) is 14.6. The highest BCUT2D eigenvalue weighted by Gasteiger charge is 2.38.